The van der Waals surface area contributed by atoms with Crippen LogP contribution < -0.4 is 10.6 Å². The van der Waals surface area contributed by atoms with Gasteiger partial charge in [0.1, 0.15) is 5.75 Å². The number of halogens is 1. The van der Waals surface area contributed by atoms with Crippen LogP contribution in [-0.2, 0) is 4.79 Å². The summed E-state index contributed by atoms with van der Waals surface area (Å²) in [6.07, 6.45) is 1.78. The summed E-state index contributed by atoms with van der Waals surface area (Å²) in [5.74, 6) is 0.712. The van der Waals surface area contributed by atoms with Gasteiger partial charge in [0.05, 0.1) is 0 Å². The Balaban J connectivity index is 0.00000220. The van der Waals surface area contributed by atoms with Gasteiger partial charge in [0.2, 0.25) is 5.91 Å². The van der Waals surface area contributed by atoms with E-state index >= 15 is 0 Å². The highest BCUT2D eigenvalue weighted by Crippen LogP contribution is 2.31. The molecule has 0 spiro atoms. The summed E-state index contributed by atoms with van der Waals surface area (Å²) >= 11 is 0. The van der Waals surface area contributed by atoms with Crippen LogP contribution in [0.25, 0.3) is 0 Å². The fraction of sp³-hybridized carbons (Fsp3) is 0.562. The second kappa shape index (κ2) is 7.66. The minimum Gasteiger partial charge on any atom is -0.508 e. The van der Waals surface area contributed by atoms with Gasteiger partial charge in [-0.05, 0) is 62.0 Å². The van der Waals surface area contributed by atoms with Crippen LogP contribution in [0.5, 0.6) is 5.75 Å². The molecule has 1 heterocycles. The van der Waals surface area contributed by atoms with Crippen molar-refractivity contribution in [1.82, 2.24) is 5.32 Å². The molecule has 118 valence electrons. The third-order valence-corrected chi connectivity index (χ3v) is 3.96. The van der Waals surface area contributed by atoms with E-state index in [0.29, 0.717) is 5.75 Å². The molecule has 3 N–H and O–H groups in total. The molecule has 1 saturated heterocycles. The zero-order chi connectivity index (χ0) is 14.7. The molecule has 5 heteroatoms. The zero-order valence-corrected chi connectivity index (χ0v) is 13.7. The number of piperidine rings is 1. The van der Waals surface area contributed by atoms with Gasteiger partial charge >= 0.3 is 0 Å². The largest absolute Gasteiger partial charge is 0.508 e. The predicted molar refractivity (Wildman–Crippen MR) is 88.4 cm³/mol. The number of amides is 1. The molecular formula is C16H25ClN2O2. The number of hydrogen-bond acceptors (Lipinski definition) is 3. The summed E-state index contributed by atoms with van der Waals surface area (Å²) in [6, 6.07) is 3.63. The van der Waals surface area contributed by atoms with Gasteiger partial charge in [-0.25, -0.2) is 0 Å². The quantitative estimate of drug-likeness (QED) is 0.751. The fourth-order valence-electron chi connectivity index (χ4n) is 2.63. The van der Waals surface area contributed by atoms with Crippen LogP contribution in [0.4, 0.5) is 5.69 Å². The Bertz CT molecular complexity index is 497. The Morgan fingerprint density at radius 2 is 1.95 bits per heavy atom. The van der Waals surface area contributed by atoms with E-state index in [1.165, 1.54) is 0 Å². The number of phenolic OH excluding ortho intramolecular Hbond substituents is 1. The number of aryl methyl sites for hydroxylation is 1. The topological polar surface area (TPSA) is 61.4 Å². The van der Waals surface area contributed by atoms with Gasteiger partial charge in [0.25, 0.3) is 0 Å². The maximum absolute atomic E-state index is 12.3. The molecule has 1 aliphatic heterocycles. The normalized spacial score (nSPS) is 15.6. The van der Waals surface area contributed by atoms with Gasteiger partial charge in [-0.2, -0.15) is 0 Å². The summed E-state index contributed by atoms with van der Waals surface area (Å²) in [7, 11) is 0. The molecule has 0 saturated carbocycles. The van der Waals surface area contributed by atoms with Gasteiger partial charge in [-0.1, -0.05) is 13.8 Å². The van der Waals surface area contributed by atoms with E-state index in [1.54, 1.807) is 6.07 Å². The highest BCUT2D eigenvalue weighted by molar-refractivity contribution is 5.93. The molecule has 21 heavy (non-hydrogen) atoms. The fourth-order valence-corrected chi connectivity index (χ4v) is 2.63. The number of carbonyl (C=O) groups excluding carboxylic acids is 1. The second-order valence-corrected chi connectivity index (χ2v) is 5.89. The molecule has 0 unspecified atom stereocenters. The van der Waals surface area contributed by atoms with Gasteiger partial charge < -0.3 is 15.7 Å². The van der Waals surface area contributed by atoms with Gasteiger partial charge in [-0.3, -0.25) is 4.79 Å². The second-order valence-electron chi connectivity index (χ2n) is 5.89. The van der Waals surface area contributed by atoms with Crippen molar-refractivity contribution in [2.24, 2.45) is 5.92 Å². The van der Waals surface area contributed by atoms with Crippen molar-refractivity contribution >= 4 is 24.0 Å². The van der Waals surface area contributed by atoms with Crippen LogP contribution in [0.3, 0.4) is 0 Å². The monoisotopic (exact) mass is 312 g/mol. The summed E-state index contributed by atoms with van der Waals surface area (Å²) < 4.78 is 0. The van der Waals surface area contributed by atoms with Crippen molar-refractivity contribution in [2.75, 3.05) is 18.4 Å². The van der Waals surface area contributed by atoms with Crippen molar-refractivity contribution in [3.05, 3.63) is 23.3 Å². The lowest BCUT2D eigenvalue weighted by atomic mass is 9.96. The molecular weight excluding hydrogens is 288 g/mol. The summed E-state index contributed by atoms with van der Waals surface area (Å²) in [4.78, 5) is 12.3. The van der Waals surface area contributed by atoms with E-state index in [9.17, 15) is 9.90 Å². The Hall–Kier alpha value is -1.26. The van der Waals surface area contributed by atoms with Crippen LogP contribution in [-0.4, -0.2) is 24.1 Å². The number of phenols is 1. The Morgan fingerprint density at radius 3 is 2.52 bits per heavy atom. The van der Waals surface area contributed by atoms with E-state index in [2.05, 4.69) is 10.6 Å². The van der Waals surface area contributed by atoms with Crippen LogP contribution >= 0.6 is 12.4 Å². The Morgan fingerprint density at radius 1 is 1.33 bits per heavy atom. The van der Waals surface area contributed by atoms with Crippen molar-refractivity contribution in [3.8, 4) is 5.75 Å². The summed E-state index contributed by atoms with van der Waals surface area (Å²) in [5.41, 5.74) is 2.58. The van der Waals surface area contributed by atoms with Crippen molar-refractivity contribution < 1.29 is 9.90 Å². The van der Waals surface area contributed by atoms with Crippen molar-refractivity contribution in [3.63, 3.8) is 0 Å². The molecule has 0 aromatic heterocycles. The highest BCUT2D eigenvalue weighted by atomic mass is 35.5. The minimum atomic E-state index is 0. The molecule has 0 aliphatic carbocycles. The number of aromatic hydroxyl groups is 1. The average Bonchev–Trinajstić information content (AvgIpc) is 2.42. The SMILES string of the molecule is Cc1cc(O)c(C(C)C)cc1NC(=O)C1CCNCC1.Cl. The molecule has 1 aromatic rings. The van der Waals surface area contributed by atoms with Gasteiger partial charge in [-0.15, -0.1) is 12.4 Å². The van der Waals surface area contributed by atoms with E-state index in [0.717, 1.165) is 42.7 Å². The number of hydrogen-bond donors (Lipinski definition) is 3. The number of nitrogens with one attached hydrogen (secondary N) is 2. The zero-order valence-electron chi connectivity index (χ0n) is 12.9. The first-order valence-electron chi connectivity index (χ1n) is 7.34. The molecule has 2 rings (SSSR count). The lowest BCUT2D eigenvalue weighted by Gasteiger charge is -2.22. The Labute approximate surface area is 132 Å². The van der Waals surface area contributed by atoms with Crippen LogP contribution in [0, 0.1) is 12.8 Å². The summed E-state index contributed by atoms with van der Waals surface area (Å²) in [6.45, 7) is 7.78. The van der Waals surface area contributed by atoms with Gasteiger partial charge in [0, 0.05) is 11.6 Å². The van der Waals surface area contributed by atoms with E-state index in [4.69, 9.17) is 0 Å². The first-order chi connectivity index (χ1) is 9.49. The smallest absolute Gasteiger partial charge is 0.227 e. The lowest BCUT2D eigenvalue weighted by Crippen LogP contribution is -2.34. The highest BCUT2D eigenvalue weighted by Gasteiger charge is 2.21. The van der Waals surface area contributed by atoms with E-state index in [1.807, 2.05) is 26.8 Å². The van der Waals surface area contributed by atoms with E-state index in [-0.39, 0.29) is 30.2 Å². The maximum Gasteiger partial charge on any atom is 0.227 e. The molecule has 4 nitrogen and oxygen atoms in total. The maximum atomic E-state index is 12.3. The molecule has 0 bridgehead atoms. The molecule has 1 fully saturated rings. The molecule has 1 aliphatic rings. The molecule has 1 aromatic carbocycles. The first-order valence-corrected chi connectivity index (χ1v) is 7.34. The third kappa shape index (κ3) is 4.35. The first kappa shape index (κ1) is 17.8. The standard InChI is InChI=1S/C16H24N2O2.ClH/c1-10(2)13-9-14(11(3)8-15(13)19)18-16(20)12-4-6-17-7-5-12;/h8-10,12,17,19H,4-7H2,1-3H3,(H,18,20);1H. The number of rotatable bonds is 3. The molecule has 1 amide bonds. The molecule has 0 radical (unpaired) electrons. The van der Waals surface area contributed by atoms with Crippen molar-refractivity contribution in [1.29, 1.82) is 0 Å². The van der Waals surface area contributed by atoms with E-state index < -0.39 is 0 Å². The van der Waals surface area contributed by atoms with Crippen LogP contribution in [0.1, 0.15) is 43.7 Å². The third-order valence-electron chi connectivity index (χ3n) is 3.96. The lowest BCUT2D eigenvalue weighted by molar-refractivity contribution is -0.120. The average molecular weight is 313 g/mol. The number of benzene rings is 1. The number of carbonyl (C=O) groups is 1. The van der Waals surface area contributed by atoms with Crippen LogP contribution in [0.2, 0.25) is 0 Å². The predicted octanol–water partition coefficient (Wildman–Crippen LogP) is 3.18. The number of anilines is 1. The van der Waals surface area contributed by atoms with Gasteiger partial charge in [0.15, 0.2) is 0 Å². The minimum absolute atomic E-state index is 0. The van der Waals surface area contributed by atoms with Crippen LogP contribution in [0.15, 0.2) is 12.1 Å². The summed E-state index contributed by atoms with van der Waals surface area (Å²) in [5, 5.41) is 16.2. The molecule has 0 atom stereocenters. The Kier molecular flexibility index (Phi) is 6.49. The van der Waals surface area contributed by atoms with Crippen molar-refractivity contribution in [2.45, 2.75) is 39.5 Å².